The van der Waals surface area contributed by atoms with Gasteiger partial charge in [-0.2, -0.15) is 0 Å². The molecule has 7 heteroatoms. The molecule has 0 aliphatic rings. The lowest BCUT2D eigenvalue weighted by molar-refractivity contribution is -0.116. The average molecular weight is 349 g/mol. The van der Waals surface area contributed by atoms with E-state index in [1.165, 1.54) is 18.2 Å². The van der Waals surface area contributed by atoms with E-state index in [1.54, 1.807) is 0 Å². The van der Waals surface area contributed by atoms with Crippen LogP contribution in [0.2, 0.25) is 0 Å². The molecule has 1 rings (SSSR count). The van der Waals surface area contributed by atoms with E-state index in [-0.39, 0.29) is 10.8 Å². The van der Waals surface area contributed by atoms with E-state index in [0.29, 0.717) is 22.5 Å². The Morgan fingerprint density at radius 2 is 2.05 bits per heavy atom. The van der Waals surface area contributed by atoms with Crippen LogP contribution in [0, 0.1) is 5.92 Å². The van der Waals surface area contributed by atoms with E-state index in [2.05, 4.69) is 21.2 Å². The maximum absolute atomic E-state index is 11.6. The van der Waals surface area contributed by atoms with Crippen LogP contribution in [0.1, 0.15) is 26.7 Å². The molecule has 0 spiro atoms. The largest absolute Gasteiger partial charge is 0.326 e. The minimum absolute atomic E-state index is 0.00678. The lowest BCUT2D eigenvalue weighted by Gasteiger charge is -2.08. The Hall–Kier alpha value is -0.920. The molecule has 1 amide bonds. The van der Waals surface area contributed by atoms with Crippen molar-refractivity contribution >= 4 is 37.5 Å². The molecule has 0 aliphatic heterocycles. The van der Waals surface area contributed by atoms with Crippen molar-refractivity contribution in [3.8, 4) is 0 Å². The van der Waals surface area contributed by atoms with Gasteiger partial charge < -0.3 is 5.32 Å². The summed E-state index contributed by atoms with van der Waals surface area (Å²) < 4.78 is 22.8. The van der Waals surface area contributed by atoms with Crippen molar-refractivity contribution in [2.45, 2.75) is 31.6 Å². The molecule has 0 heterocycles. The monoisotopic (exact) mass is 348 g/mol. The van der Waals surface area contributed by atoms with Crippen molar-refractivity contribution in [2.75, 3.05) is 5.32 Å². The summed E-state index contributed by atoms with van der Waals surface area (Å²) in [7, 11) is -3.76. The number of primary sulfonamides is 1. The van der Waals surface area contributed by atoms with Crippen LogP contribution in [0.5, 0.6) is 0 Å². The lowest BCUT2D eigenvalue weighted by Crippen LogP contribution is -2.14. The number of rotatable bonds is 5. The number of benzene rings is 1. The molecule has 0 saturated carbocycles. The molecule has 5 nitrogen and oxygen atoms in total. The van der Waals surface area contributed by atoms with Crippen molar-refractivity contribution in [2.24, 2.45) is 11.1 Å². The van der Waals surface area contributed by atoms with Gasteiger partial charge in [-0.15, -0.1) is 0 Å². The fraction of sp³-hybridized carbons (Fsp3) is 0.417. The second kappa shape index (κ2) is 6.49. The fourth-order valence-electron chi connectivity index (χ4n) is 1.45. The highest BCUT2D eigenvalue weighted by molar-refractivity contribution is 9.10. The summed E-state index contributed by atoms with van der Waals surface area (Å²) in [4.78, 5) is 11.6. The van der Waals surface area contributed by atoms with Crippen molar-refractivity contribution in [3.05, 3.63) is 22.7 Å². The first kappa shape index (κ1) is 16.1. The van der Waals surface area contributed by atoms with Gasteiger partial charge in [0.05, 0.1) is 4.90 Å². The summed E-state index contributed by atoms with van der Waals surface area (Å²) in [6, 6.07) is 4.39. The zero-order valence-corrected chi connectivity index (χ0v) is 13.2. The number of nitrogens with one attached hydrogen (secondary N) is 1. The molecule has 0 radical (unpaired) electrons. The normalized spacial score (nSPS) is 11.6. The number of nitrogens with two attached hydrogens (primary N) is 1. The van der Waals surface area contributed by atoms with Gasteiger partial charge in [-0.1, -0.05) is 13.8 Å². The molecule has 3 N–H and O–H groups in total. The Balaban J connectivity index is 2.77. The zero-order chi connectivity index (χ0) is 14.6. The standard InChI is InChI=1S/C12H17BrN2O3S/c1-8(2)3-6-12(16)15-9-4-5-11(10(13)7-9)19(14,17)18/h4-5,7-8H,3,6H2,1-2H3,(H,15,16)(H2,14,17,18). The summed E-state index contributed by atoms with van der Waals surface area (Å²) in [5, 5.41) is 7.76. The van der Waals surface area contributed by atoms with Gasteiger partial charge in [-0.3, -0.25) is 4.79 Å². The number of carbonyl (C=O) groups is 1. The molecule has 0 fully saturated rings. The average Bonchev–Trinajstić information content (AvgIpc) is 2.24. The smallest absolute Gasteiger partial charge is 0.239 e. The van der Waals surface area contributed by atoms with Crippen molar-refractivity contribution in [1.82, 2.24) is 0 Å². The number of sulfonamides is 1. The van der Waals surface area contributed by atoms with Crippen LogP contribution in [0.15, 0.2) is 27.6 Å². The quantitative estimate of drug-likeness (QED) is 0.856. The number of amides is 1. The summed E-state index contributed by atoms with van der Waals surface area (Å²) in [5.74, 6) is 0.367. The SMILES string of the molecule is CC(C)CCC(=O)Nc1ccc(S(N)(=O)=O)c(Br)c1. The van der Waals surface area contributed by atoms with Crippen LogP contribution >= 0.6 is 15.9 Å². The van der Waals surface area contributed by atoms with Crippen molar-refractivity contribution < 1.29 is 13.2 Å². The van der Waals surface area contributed by atoms with Crippen LogP contribution in [0.4, 0.5) is 5.69 Å². The molecule has 0 bridgehead atoms. The van der Waals surface area contributed by atoms with E-state index in [4.69, 9.17) is 5.14 Å². The Bertz CT molecular complexity index is 570. The van der Waals surface area contributed by atoms with Crippen LogP contribution in [-0.4, -0.2) is 14.3 Å². The molecule has 0 atom stereocenters. The maximum atomic E-state index is 11.6. The number of halogens is 1. The molecular formula is C12H17BrN2O3S. The number of hydrogen-bond acceptors (Lipinski definition) is 3. The van der Waals surface area contributed by atoms with Crippen LogP contribution < -0.4 is 10.5 Å². The van der Waals surface area contributed by atoms with Gasteiger partial charge in [0.1, 0.15) is 0 Å². The van der Waals surface area contributed by atoms with E-state index >= 15 is 0 Å². The van der Waals surface area contributed by atoms with E-state index in [9.17, 15) is 13.2 Å². The van der Waals surface area contributed by atoms with Gasteiger partial charge in [0.2, 0.25) is 15.9 Å². The molecule has 1 aromatic rings. The van der Waals surface area contributed by atoms with Gasteiger partial charge in [-0.05, 0) is 46.5 Å². The summed E-state index contributed by atoms with van der Waals surface area (Å²) in [5.41, 5.74) is 0.535. The van der Waals surface area contributed by atoms with E-state index in [1.807, 2.05) is 13.8 Å². The maximum Gasteiger partial charge on any atom is 0.239 e. The Morgan fingerprint density at radius 3 is 2.53 bits per heavy atom. The Morgan fingerprint density at radius 1 is 1.42 bits per heavy atom. The first-order valence-corrected chi connectivity index (χ1v) is 8.16. The van der Waals surface area contributed by atoms with Gasteiger partial charge in [-0.25, -0.2) is 13.6 Å². The third kappa shape index (κ3) is 5.30. The molecule has 0 unspecified atom stereocenters. The molecule has 0 saturated heterocycles. The topological polar surface area (TPSA) is 89.3 Å². The number of anilines is 1. The first-order chi connectivity index (χ1) is 8.70. The molecule has 106 valence electrons. The number of hydrogen-bond donors (Lipinski definition) is 2. The first-order valence-electron chi connectivity index (χ1n) is 5.82. The molecule has 19 heavy (non-hydrogen) atoms. The highest BCUT2D eigenvalue weighted by atomic mass is 79.9. The summed E-state index contributed by atoms with van der Waals surface area (Å²) in [6.45, 7) is 4.09. The number of carbonyl (C=O) groups excluding carboxylic acids is 1. The third-order valence-corrected chi connectivity index (χ3v) is 4.36. The molecular weight excluding hydrogens is 332 g/mol. The fourth-order valence-corrected chi connectivity index (χ4v) is 3.10. The summed E-state index contributed by atoms with van der Waals surface area (Å²) >= 11 is 3.12. The second-order valence-corrected chi connectivity index (χ2v) is 7.06. The molecule has 1 aromatic carbocycles. The van der Waals surface area contributed by atoms with Crippen LogP contribution in [0.25, 0.3) is 0 Å². The highest BCUT2D eigenvalue weighted by Crippen LogP contribution is 2.24. The van der Waals surface area contributed by atoms with Crippen LogP contribution in [0.3, 0.4) is 0 Å². The van der Waals surface area contributed by atoms with Crippen molar-refractivity contribution in [1.29, 1.82) is 0 Å². The lowest BCUT2D eigenvalue weighted by atomic mass is 10.1. The van der Waals surface area contributed by atoms with Crippen LogP contribution in [-0.2, 0) is 14.8 Å². The van der Waals surface area contributed by atoms with Crippen molar-refractivity contribution in [3.63, 3.8) is 0 Å². The van der Waals surface area contributed by atoms with Gasteiger partial charge in [0.25, 0.3) is 0 Å². The van der Waals surface area contributed by atoms with E-state index < -0.39 is 10.0 Å². The van der Waals surface area contributed by atoms with Gasteiger partial charge >= 0.3 is 0 Å². The predicted octanol–water partition coefficient (Wildman–Crippen LogP) is 2.47. The minimum Gasteiger partial charge on any atom is -0.326 e. The Labute approximate surface area is 121 Å². The summed E-state index contributed by atoms with van der Waals surface area (Å²) in [6.07, 6.45) is 1.24. The van der Waals surface area contributed by atoms with Gasteiger partial charge in [0, 0.05) is 16.6 Å². The highest BCUT2D eigenvalue weighted by Gasteiger charge is 2.13. The predicted molar refractivity (Wildman–Crippen MR) is 78.2 cm³/mol. The zero-order valence-electron chi connectivity index (χ0n) is 10.8. The Kier molecular flexibility index (Phi) is 5.51. The second-order valence-electron chi connectivity index (χ2n) is 4.67. The van der Waals surface area contributed by atoms with Gasteiger partial charge in [0.15, 0.2) is 0 Å². The van der Waals surface area contributed by atoms with E-state index in [0.717, 1.165) is 6.42 Å². The molecule has 0 aromatic heterocycles. The molecule has 0 aliphatic carbocycles. The third-order valence-electron chi connectivity index (χ3n) is 2.47. The minimum atomic E-state index is -3.76.